The summed E-state index contributed by atoms with van der Waals surface area (Å²) in [6.07, 6.45) is 7.99. The molecular weight excluding hydrogens is 384 g/mol. The summed E-state index contributed by atoms with van der Waals surface area (Å²) >= 11 is 0. The molecule has 1 aromatic heterocycles. The average Bonchev–Trinajstić information content (AvgIpc) is 3.02. The Bertz CT molecular complexity index is 1020. The molecule has 5 rings (SSSR count). The molecule has 1 N–H and O–H groups in total. The summed E-state index contributed by atoms with van der Waals surface area (Å²) in [5.41, 5.74) is 3.89. The number of hydrogen-bond acceptors (Lipinski definition) is 3. The highest BCUT2D eigenvalue weighted by molar-refractivity contribution is 5.90. The van der Waals surface area contributed by atoms with Crippen molar-refractivity contribution >= 4 is 17.5 Å². The summed E-state index contributed by atoms with van der Waals surface area (Å²) in [5, 5.41) is 2.93. The van der Waals surface area contributed by atoms with Crippen molar-refractivity contribution in [1.82, 2.24) is 4.98 Å². The maximum atomic E-state index is 13.1. The molecule has 0 spiro atoms. The number of ketones is 1. The fourth-order valence-corrected chi connectivity index (χ4v) is 6.97. The normalized spacial score (nSPS) is 31.5. The summed E-state index contributed by atoms with van der Waals surface area (Å²) < 4.78 is 0. The second-order valence-corrected chi connectivity index (χ2v) is 10.2. The van der Waals surface area contributed by atoms with Crippen molar-refractivity contribution < 1.29 is 9.59 Å². The standard InChI is InChI=1S/C27H32N2O2/c1-17-12-14-28-24(15-17)29-25(31)10-8-19-16-23(30)27(2)13-11-21-20-6-4-3-5-18(20)7-9-22(21)26(19)27/h3-6,12,14-15,19,21-22,26H,7-11,13,16H2,1-2H3,(H,28,29,31)/t19-,21?,22?,26?,27-/m1/s1. The van der Waals surface area contributed by atoms with E-state index in [1.54, 1.807) is 6.20 Å². The molecule has 3 aliphatic carbocycles. The van der Waals surface area contributed by atoms with E-state index in [9.17, 15) is 9.59 Å². The summed E-state index contributed by atoms with van der Waals surface area (Å²) in [6, 6.07) is 12.7. The largest absolute Gasteiger partial charge is 0.311 e. The number of nitrogens with one attached hydrogen (secondary N) is 1. The van der Waals surface area contributed by atoms with Gasteiger partial charge in [-0.15, -0.1) is 0 Å². The minimum Gasteiger partial charge on any atom is -0.311 e. The van der Waals surface area contributed by atoms with Crippen LogP contribution in [0.1, 0.15) is 68.1 Å². The Morgan fingerprint density at radius 1 is 1.23 bits per heavy atom. The molecule has 0 saturated heterocycles. The second-order valence-electron chi connectivity index (χ2n) is 10.2. The van der Waals surface area contributed by atoms with Gasteiger partial charge in [-0.2, -0.15) is 0 Å². The maximum Gasteiger partial charge on any atom is 0.225 e. The van der Waals surface area contributed by atoms with Crippen molar-refractivity contribution in [1.29, 1.82) is 0 Å². The van der Waals surface area contributed by atoms with E-state index in [0.29, 0.717) is 48.1 Å². The molecule has 3 aliphatic rings. The Morgan fingerprint density at radius 3 is 2.90 bits per heavy atom. The molecule has 2 saturated carbocycles. The number of nitrogens with zero attached hydrogens (tertiary/aromatic N) is 1. The van der Waals surface area contributed by atoms with Crippen molar-refractivity contribution in [3.63, 3.8) is 0 Å². The van der Waals surface area contributed by atoms with Crippen LogP contribution in [-0.2, 0) is 16.0 Å². The second kappa shape index (κ2) is 7.89. The predicted molar refractivity (Wildman–Crippen MR) is 122 cm³/mol. The van der Waals surface area contributed by atoms with E-state index in [1.165, 1.54) is 17.5 Å². The molecule has 1 aromatic carbocycles. The van der Waals surface area contributed by atoms with Crippen molar-refractivity contribution in [3.05, 3.63) is 59.3 Å². The van der Waals surface area contributed by atoms with Crippen LogP contribution in [0, 0.1) is 30.1 Å². The van der Waals surface area contributed by atoms with E-state index in [2.05, 4.69) is 41.5 Å². The Labute approximate surface area is 184 Å². The van der Waals surface area contributed by atoms with E-state index in [0.717, 1.165) is 31.2 Å². The van der Waals surface area contributed by atoms with Crippen LogP contribution in [0.2, 0.25) is 0 Å². The van der Waals surface area contributed by atoms with Gasteiger partial charge in [0.2, 0.25) is 5.91 Å². The number of amides is 1. The fourth-order valence-electron chi connectivity index (χ4n) is 6.97. The number of anilines is 1. The summed E-state index contributed by atoms with van der Waals surface area (Å²) in [4.78, 5) is 30.0. The first-order valence-electron chi connectivity index (χ1n) is 11.8. The zero-order valence-electron chi connectivity index (χ0n) is 18.6. The van der Waals surface area contributed by atoms with Crippen LogP contribution in [0.25, 0.3) is 0 Å². The van der Waals surface area contributed by atoms with Gasteiger partial charge >= 0.3 is 0 Å². The first-order chi connectivity index (χ1) is 15.0. The SMILES string of the molecule is Cc1ccnc(NC(=O)CC[C@@H]2CC(=O)[C@@]3(C)CCC4c5ccccc5CCC4C23)c1. The smallest absolute Gasteiger partial charge is 0.225 e. The zero-order chi connectivity index (χ0) is 21.6. The number of fused-ring (bicyclic) bond motifs is 5. The van der Waals surface area contributed by atoms with Crippen LogP contribution < -0.4 is 5.32 Å². The molecule has 4 nitrogen and oxygen atoms in total. The molecule has 4 heteroatoms. The lowest BCUT2D eigenvalue weighted by Gasteiger charge is -2.50. The van der Waals surface area contributed by atoms with Gasteiger partial charge in [-0.25, -0.2) is 4.98 Å². The molecule has 0 bridgehead atoms. The molecule has 1 amide bonds. The third-order valence-electron chi connectivity index (χ3n) is 8.41. The third kappa shape index (κ3) is 3.60. The van der Waals surface area contributed by atoms with Crippen LogP contribution >= 0.6 is 0 Å². The van der Waals surface area contributed by atoms with Gasteiger partial charge in [0.15, 0.2) is 0 Å². The number of pyridine rings is 1. The van der Waals surface area contributed by atoms with Gasteiger partial charge in [-0.1, -0.05) is 31.2 Å². The Kier molecular flexibility index (Phi) is 5.19. The lowest BCUT2D eigenvalue weighted by atomic mass is 9.54. The molecule has 31 heavy (non-hydrogen) atoms. The Morgan fingerprint density at radius 2 is 2.06 bits per heavy atom. The Balaban J connectivity index is 1.32. The minimum absolute atomic E-state index is 0.000464. The topological polar surface area (TPSA) is 59.1 Å². The number of Topliss-reactive ketones (excluding diaryl/α,β-unsaturated/α-hetero) is 1. The molecule has 3 unspecified atom stereocenters. The number of carbonyl (C=O) groups excluding carboxylic acids is 2. The van der Waals surface area contributed by atoms with Gasteiger partial charge in [-0.05, 0) is 91.5 Å². The molecule has 0 radical (unpaired) electrons. The number of hydrogen-bond donors (Lipinski definition) is 1. The highest BCUT2D eigenvalue weighted by Gasteiger charge is 2.58. The molecule has 2 fully saturated rings. The number of benzene rings is 1. The summed E-state index contributed by atoms with van der Waals surface area (Å²) in [7, 11) is 0. The van der Waals surface area contributed by atoms with Crippen LogP contribution in [-0.4, -0.2) is 16.7 Å². The van der Waals surface area contributed by atoms with Crippen LogP contribution in [0.15, 0.2) is 42.6 Å². The highest BCUT2D eigenvalue weighted by Crippen LogP contribution is 2.62. The minimum atomic E-state index is -0.202. The van der Waals surface area contributed by atoms with Crippen molar-refractivity contribution in [2.45, 2.75) is 64.7 Å². The molecule has 162 valence electrons. The van der Waals surface area contributed by atoms with Crippen LogP contribution in [0.4, 0.5) is 5.82 Å². The molecule has 2 aromatic rings. The van der Waals surface area contributed by atoms with Gasteiger partial charge in [0.05, 0.1) is 0 Å². The third-order valence-corrected chi connectivity index (χ3v) is 8.41. The van der Waals surface area contributed by atoms with E-state index in [-0.39, 0.29) is 11.3 Å². The van der Waals surface area contributed by atoms with Gasteiger partial charge < -0.3 is 5.32 Å². The predicted octanol–water partition coefficient (Wildman–Crippen LogP) is 5.46. The summed E-state index contributed by atoms with van der Waals surface area (Å²) in [5.74, 6) is 2.89. The van der Waals surface area contributed by atoms with Crippen LogP contribution in [0.5, 0.6) is 0 Å². The van der Waals surface area contributed by atoms with E-state index < -0.39 is 0 Å². The first kappa shape index (κ1) is 20.4. The van der Waals surface area contributed by atoms with Gasteiger partial charge in [0, 0.05) is 24.5 Å². The fraction of sp³-hybridized carbons (Fsp3) is 0.519. The number of aryl methyl sites for hydroxylation is 2. The van der Waals surface area contributed by atoms with Crippen molar-refractivity contribution in [2.24, 2.45) is 23.2 Å². The first-order valence-corrected chi connectivity index (χ1v) is 11.8. The number of aromatic nitrogens is 1. The Hall–Kier alpha value is -2.49. The lowest BCUT2D eigenvalue weighted by Crippen LogP contribution is -2.44. The number of rotatable bonds is 4. The van der Waals surface area contributed by atoms with Crippen molar-refractivity contribution in [2.75, 3.05) is 5.32 Å². The summed E-state index contributed by atoms with van der Waals surface area (Å²) in [6.45, 7) is 4.21. The molecule has 0 aliphatic heterocycles. The van der Waals surface area contributed by atoms with Gasteiger partial charge in [-0.3, -0.25) is 9.59 Å². The van der Waals surface area contributed by atoms with Gasteiger partial charge in [0.1, 0.15) is 11.6 Å². The maximum absolute atomic E-state index is 13.1. The van der Waals surface area contributed by atoms with Crippen LogP contribution in [0.3, 0.4) is 0 Å². The van der Waals surface area contributed by atoms with E-state index in [1.807, 2.05) is 19.1 Å². The van der Waals surface area contributed by atoms with Gasteiger partial charge in [0.25, 0.3) is 0 Å². The molecular formula is C27H32N2O2. The zero-order valence-corrected chi connectivity index (χ0v) is 18.6. The number of carbonyl (C=O) groups is 2. The van der Waals surface area contributed by atoms with Crippen molar-refractivity contribution in [3.8, 4) is 0 Å². The molecule has 1 heterocycles. The highest BCUT2D eigenvalue weighted by atomic mass is 16.1. The monoisotopic (exact) mass is 416 g/mol. The lowest BCUT2D eigenvalue weighted by molar-refractivity contribution is -0.129. The quantitative estimate of drug-likeness (QED) is 0.720. The molecule has 5 atom stereocenters. The average molecular weight is 417 g/mol. The van der Waals surface area contributed by atoms with E-state index in [4.69, 9.17) is 0 Å². The van der Waals surface area contributed by atoms with E-state index >= 15 is 0 Å².